The molecule has 2 fully saturated rings. The number of carbonyl (C=O) groups excluding carboxylic acids is 1. The highest BCUT2D eigenvalue weighted by Gasteiger charge is 2.38. The zero-order valence-electron chi connectivity index (χ0n) is 13.3. The lowest BCUT2D eigenvalue weighted by atomic mass is 10.1. The first kappa shape index (κ1) is 15.2. The smallest absolute Gasteiger partial charge is 0.242 e. The molecular weight excluding hydrogens is 308 g/mol. The number of carbonyl (C=O) groups is 1. The number of tetrazole rings is 1. The van der Waals surface area contributed by atoms with Crippen LogP contribution in [0.5, 0.6) is 0 Å². The number of ether oxygens (including phenoxy) is 1. The van der Waals surface area contributed by atoms with Crippen LogP contribution in [0.4, 0.5) is 0 Å². The summed E-state index contributed by atoms with van der Waals surface area (Å²) in [7, 11) is 0. The Morgan fingerprint density at radius 2 is 2.17 bits per heavy atom. The predicted molar refractivity (Wildman–Crippen MR) is 84.9 cm³/mol. The summed E-state index contributed by atoms with van der Waals surface area (Å²) in [4.78, 5) is 14.5. The minimum atomic E-state index is -0.0623. The second-order valence-corrected chi connectivity index (χ2v) is 6.35. The Morgan fingerprint density at radius 1 is 1.29 bits per heavy atom. The number of fused-ring (bicyclic) bond motifs is 1. The standard InChI is InChI=1S/C16H20N6O2/c23-16(9-22-11-17-19-20-22)18-13-6-14-10-24-15(8-21(14)7-13)12-4-2-1-3-5-12/h1-5,11,13-15H,6-10H2,(H,18,23)/t13-,14+,15-/m1/s1. The van der Waals surface area contributed by atoms with Gasteiger partial charge in [0.15, 0.2) is 0 Å². The first-order valence-electron chi connectivity index (χ1n) is 8.18. The lowest BCUT2D eigenvalue weighted by molar-refractivity contribution is -0.122. The Morgan fingerprint density at radius 3 is 2.96 bits per heavy atom. The zero-order chi connectivity index (χ0) is 16.4. The van der Waals surface area contributed by atoms with Crippen molar-refractivity contribution < 1.29 is 9.53 Å². The van der Waals surface area contributed by atoms with E-state index in [1.807, 2.05) is 18.2 Å². The lowest BCUT2D eigenvalue weighted by Crippen LogP contribution is -2.43. The molecule has 3 atom stereocenters. The molecule has 8 heteroatoms. The molecule has 4 rings (SSSR count). The average molecular weight is 328 g/mol. The minimum absolute atomic E-state index is 0.0623. The van der Waals surface area contributed by atoms with Gasteiger partial charge >= 0.3 is 0 Å². The number of nitrogens with one attached hydrogen (secondary N) is 1. The highest BCUT2D eigenvalue weighted by atomic mass is 16.5. The molecule has 0 aliphatic carbocycles. The molecule has 1 aromatic carbocycles. The topological polar surface area (TPSA) is 85.2 Å². The van der Waals surface area contributed by atoms with E-state index in [4.69, 9.17) is 4.74 Å². The fraction of sp³-hybridized carbons (Fsp3) is 0.500. The fourth-order valence-corrected chi connectivity index (χ4v) is 3.52. The molecule has 2 aliphatic heterocycles. The molecule has 126 valence electrons. The summed E-state index contributed by atoms with van der Waals surface area (Å²) in [6, 6.07) is 10.8. The van der Waals surface area contributed by atoms with Gasteiger partial charge in [-0.05, 0) is 22.4 Å². The molecule has 1 aromatic heterocycles. The van der Waals surface area contributed by atoms with Crippen LogP contribution in [-0.4, -0.2) is 62.8 Å². The number of nitrogens with zero attached hydrogens (tertiary/aromatic N) is 5. The van der Waals surface area contributed by atoms with Crippen molar-refractivity contribution >= 4 is 5.91 Å². The van der Waals surface area contributed by atoms with E-state index in [1.54, 1.807) is 0 Å². The van der Waals surface area contributed by atoms with Gasteiger partial charge in [0.05, 0.1) is 12.7 Å². The second kappa shape index (κ2) is 6.66. The largest absolute Gasteiger partial charge is 0.371 e. The summed E-state index contributed by atoms with van der Waals surface area (Å²) in [5.41, 5.74) is 1.21. The first-order valence-corrected chi connectivity index (χ1v) is 8.18. The van der Waals surface area contributed by atoms with E-state index < -0.39 is 0 Å². The van der Waals surface area contributed by atoms with Crippen LogP contribution in [0.15, 0.2) is 36.7 Å². The van der Waals surface area contributed by atoms with Gasteiger partial charge in [0.2, 0.25) is 5.91 Å². The van der Waals surface area contributed by atoms with Gasteiger partial charge in [-0.25, -0.2) is 4.68 Å². The van der Waals surface area contributed by atoms with Gasteiger partial charge in [0.1, 0.15) is 12.9 Å². The van der Waals surface area contributed by atoms with Crippen molar-refractivity contribution in [1.82, 2.24) is 30.4 Å². The third-order valence-electron chi connectivity index (χ3n) is 4.65. The summed E-state index contributed by atoms with van der Waals surface area (Å²) in [6.07, 6.45) is 2.47. The van der Waals surface area contributed by atoms with Crippen molar-refractivity contribution in [3.8, 4) is 0 Å². The van der Waals surface area contributed by atoms with E-state index >= 15 is 0 Å². The van der Waals surface area contributed by atoms with Crippen LogP contribution in [0.3, 0.4) is 0 Å². The van der Waals surface area contributed by atoms with Gasteiger partial charge < -0.3 is 10.1 Å². The van der Waals surface area contributed by atoms with Crippen LogP contribution in [-0.2, 0) is 16.1 Å². The third kappa shape index (κ3) is 3.29. The van der Waals surface area contributed by atoms with E-state index in [2.05, 4.69) is 37.9 Å². The number of hydrogen-bond acceptors (Lipinski definition) is 6. The molecule has 1 N–H and O–H groups in total. The Bertz CT molecular complexity index is 677. The summed E-state index contributed by atoms with van der Waals surface area (Å²) in [5, 5.41) is 13.8. The SMILES string of the molecule is O=C(Cn1cnnn1)N[C@@H]1C[C@H]2CO[C@@H](c3ccccc3)CN2C1. The average Bonchev–Trinajstić information content (AvgIpc) is 3.23. The van der Waals surface area contributed by atoms with E-state index in [-0.39, 0.29) is 24.6 Å². The molecule has 0 radical (unpaired) electrons. The highest BCUT2D eigenvalue weighted by Crippen LogP contribution is 2.30. The molecule has 2 aromatic rings. The molecule has 3 heterocycles. The molecule has 8 nitrogen and oxygen atoms in total. The van der Waals surface area contributed by atoms with Crippen molar-refractivity contribution in [3.63, 3.8) is 0 Å². The number of hydrogen-bond donors (Lipinski definition) is 1. The number of aromatic nitrogens is 4. The van der Waals surface area contributed by atoms with E-state index in [0.717, 1.165) is 19.5 Å². The molecule has 2 aliphatic rings. The summed E-state index contributed by atoms with van der Waals surface area (Å²) in [5.74, 6) is -0.0623. The third-order valence-corrected chi connectivity index (χ3v) is 4.65. The van der Waals surface area contributed by atoms with Crippen molar-refractivity contribution in [3.05, 3.63) is 42.2 Å². The quantitative estimate of drug-likeness (QED) is 0.851. The molecule has 0 bridgehead atoms. The van der Waals surface area contributed by atoms with Gasteiger partial charge in [-0.15, -0.1) is 5.10 Å². The van der Waals surface area contributed by atoms with Crippen molar-refractivity contribution in [2.75, 3.05) is 19.7 Å². The molecule has 1 amide bonds. The number of rotatable bonds is 4. The van der Waals surface area contributed by atoms with Gasteiger partial charge in [-0.3, -0.25) is 9.69 Å². The van der Waals surface area contributed by atoms with Crippen LogP contribution >= 0.6 is 0 Å². The lowest BCUT2D eigenvalue weighted by Gasteiger charge is -2.35. The maximum Gasteiger partial charge on any atom is 0.242 e. The van der Waals surface area contributed by atoms with Crippen LogP contribution < -0.4 is 5.32 Å². The normalized spacial score (nSPS) is 26.9. The van der Waals surface area contributed by atoms with Crippen LogP contribution in [0.2, 0.25) is 0 Å². The number of morpholine rings is 1. The first-order chi connectivity index (χ1) is 11.8. The minimum Gasteiger partial charge on any atom is -0.371 e. The molecule has 0 spiro atoms. The fourth-order valence-electron chi connectivity index (χ4n) is 3.52. The predicted octanol–water partition coefficient (Wildman–Crippen LogP) is 0.00370. The summed E-state index contributed by atoms with van der Waals surface area (Å²) in [6.45, 7) is 2.59. The number of amides is 1. The van der Waals surface area contributed by atoms with Gasteiger partial charge in [0, 0.05) is 25.2 Å². The van der Waals surface area contributed by atoms with Crippen LogP contribution in [0, 0.1) is 0 Å². The highest BCUT2D eigenvalue weighted by molar-refractivity contribution is 5.76. The molecule has 24 heavy (non-hydrogen) atoms. The van der Waals surface area contributed by atoms with E-state index in [0.29, 0.717) is 12.6 Å². The summed E-state index contributed by atoms with van der Waals surface area (Å²) < 4.78 is 7.45. The van der Waals surface area contributed by atoms with Gasteiger partial charge in [0.25, 0.3) is 0 Å². The zero-order valence-corrected chi connectivity index (χ0v) is 13.3. The van der Waals surface area contributed by atoms with E-state index in [1.165, 1.54) is 16.6 Å². The Hall–Kier alpha value is -2.32. The molecule has 0 unspecified atom stereocenters. The maximum absolute atomic E-state index is 12.1. The monoisotopic (exact) mass is 328 g/mol. The van der Waals surface area contributed by atoms with E-state index in [9.17, 15) is 4.79 Å². The maximum atomic E-state index is 12.1. The molecular formula is C16H20N6O2. The van der Waals surface area contributed by atoms with Crippen molar-refractivity contribution in [2.45, 2.75) is 31.2 Å². The van der Waals surface area contributed by atoms with Crippen LogP contribution in [0.1, 0.15) is 18.1 Å². The number of benzene rings is 1. The second-order valence-electron chi connectivity index (χ2n) is 6.35. The van der Waals surface area contributed by atoms with Crippen LogP contribution in [0.25, 0.3) is 0 Å². The van der Waals surface area contributed by atoms with Crippen molar-refractivity contribution in [1.29, 1.82) is 0 Å². The van der Waals surface area contributed by atoms with Gasteiger partial charge in [-0.1, -0.05) is 30.3 Å². The molecule has 0 saturated carbocycles. The summed E-state index contributed by atoms with van der Waals surface area (Å²) >= 11 is 0. The Kier molecular flexibility index (Phi) is 4.22. The van der Waals surface area contributed by atoms with Crippen molar-refractivity contribution in [2.24, 2.45) is 0 Å². The Balaban J connectivity index is 1.32. The van der Waals surface area contributed by atoms with Gasteiger partial charge in [-0.2, -0.15) is 0 Å². The molecule has 2 saturated heterocycles. The Labute approximate surface area is 139 Å².